The van der Waals surface area contributed by atoms with Gasteiger partial charge in [-0.1, -0.05) is 12.2 Å². The lowest BCUT2D eigenvalue weighted by Crippen LogP contribution is -2.14. The van der Waals surface area contributed by atoms with E-state index in [-0.39, 0.29) is 11.9 Å². The van der Waals surface area contributed by atoms with Crippen LogP contribution in [0.4, 0.5) is 5.95 Å². The SMILES string of the molecule is O=C(Nc1ncccn1)c1ccc[nH]c1=S. The van der Waals surface area contributed by atoms with Gasteiger partial charge in [-0.25, -0.2) is 9.97 Å². The predicted octanol–water partition coefficient (Wildman–Crippen LogP) is 1.79. The third-order valence-corrected chi connectivity index (χ3v) is 2.19. The van der Waals surface area contributed by atoms with E-state index in [0.717, 1.165) is 0 Å². The van der Waals surface area contributed by atoms with E-state index in [1.807, 2.05) is 0 Å². The second-order valence-corrected chi connectivity index (χ2v) is 3.35. The van der Waals surface area contributed by atoms with E-state index >= 15 is 0 Å². The number of aromatic amines is 1. The second-order valence-electron chi connectivity index (χ2n) is 2.94. The Morgan fingerprint density at radius 1 is 1.31 bits per heavy atom. The molecule has 80 valence electrons. The Hall–Kier alpha value is -2.08. The molecule has 5 nitrogen and oxygen atoms in total. The molecule has 0 radical (unpaired) electrons. The molecular weight excluding hydrogens is 224 g/mol. The van der Waals surface area contributed by atoms with Crippen LogP contribution < -0.4 is 5.32 Å². The molecule has 0 spiro atoms. The lowest BCUT2D eigenvalue weighted by molar-refractivity contribution is 0.102. The number of pyridine rings is 1. The lowest BCUT2D eigenvalue weighted by Gasteiger charge is -2.02. The molecule has 0 fully saturated rings. The van der Waals surface area contributed by atoms with Crippen molar-refractivity contribution in [1.82, 2.24) is 15.0 Å². The maximum atomic E-state index is 11.8. The highest BCUT2D eigenvalue weighted by atomic mass is 32.1. The summed E-state index contributed by atoms with van der Waals surface area (Å²) in [5.74, 6) is -0.0706. The zero-order valence-corrected chi connectivity index (χ0v) is 8.99. The fourth-order valence-electron chi connectivity index (χ4n) is 1.13. The number of anilines is 1. The topological polar surface area (TPSA) is 70.7 Å². The van der Waals surface area contributed by atoms with Crippen molar-refractivity contribution in [1.29, 1.82) is 0 Å². The molecular formula is C10H8N4OS. The molecule has 0 atom stereocenters. The Kier molecular flexibility index (Phi) is 3.02. The van der Waals surface area contributed by atoms with E-state index in [4.69, 9.17) is 12.2 Å². The van der Waals surface area contributed by atoms with E-state index in [1.54, 1.807) is 36.8 Å². The van der Waals surface area contributed by atoms with Crippen LogP contribution in [0, 0.1) is 4.64 Å². The third kappa shape index (κ3) is 2.29. The van der Waals surface area contributed by atoms with Crippen molar-refractivity contribution in [2.75, 3.05) is 5.32 Å². The quantitative estimate of drug-likeness (QED) is 0.774. The largest absolute Gasteiger partial charge is 0.352 e. The molecule has 0 aromatic carbocycles. The highest BCUT2D eigenvalue weighted by Gasteiger charge is 2.08. The molecule has 0 aliphatic carbocycles. The van der Waals surface area contributed by atoms with Crippen LogP contribution in [-0.4, -0.2) is 20.9 Å². The molecule has 0 unspecified atom stereocenters. The summed E-state index contributed by atoms with van der Waals surface area (Å²) >= 11 is 4.99. The first-order chi connectivity index (χ1) is 7.77. The number of carbonyl (C=O) groups is 1. The molecule has 16 heavy (non-hydrogen) atoms. The van der Waals surface area contributed by atoms with Crippen molar-refractivity contribution in [2.45, 2.75) is 0 Å². The van der Waals surface area contributed by atoms with Crippen molar-refractivity contribution in [3.63, 3.8) is 0 Å². The second kappa shape index (κ2) is 4.63. The van der Waals surface area contributed by atoms with Crippen LogP contribution in [0.15, 0.2) is 36.8 Å². The highest BCUT2D eigenvalue weighted by molar-refractivity contribution is 7.71. The summed E-state index contributed by atoms with van der Waals surface area (Å²) in [5, 5.41) is 2.55. The number of hydrogen-bond acceptors (Lipinski definition) is 4. The molecule has 0 saturated heterocycles. The summed E-state index contributed by atoms with van der Waals surface area (Å²) < 4.78 is 0.385. The average molecular weight is 232 g/mol. The van der Waals surface area contributed by atoms with Crippen LogP contribution in [0.5, 0.6) is 0 Å². The van der Waals surface area contributed by atoms with Gasteiger partial charge >= 0.3 is 0 Å². The molecule has 0 bridgehead atoms. The molecule has 2 N–H and O–H groups in total. The van der Waals surface area contributed by atoms with E-state index in [2.05, 4.69) is 20.3 Å². The van der Waals surface area contributed by atoms with Gasteiger partial charge in [0.2, 0.25) is 5.95 Å². The smallest absolute Gasteiger partial charge is 0.261 e. The van der Waals surface area contributed by atoms with Crippen molar-refractivity contribution in [3.05, 3.63) is 47.0 Å². The minimum Gasteiger partial charge on any atom is -0.352 e. The average Bonchev–Trinajstić information content (AvgIpc) is 2.31. The molecule has 2 aromatic heterocycles. The lowest BCUT2D eigenvalue weighted by atomic mass is 10.3. The van der Waals surface area contributed by atoms with Gasteiger partial charge in [-0.15, -0.1) is 0 Å². The zero-order chi connectivity index (χ0) is 11.4. The van der Waals surface area contributed by atoms with Gasteiger partial charge in [-0.3, -0.25) is 10.1 Å². The first-order valence-corrected chi connectivity index (χ1v) is 4.94. The van der Waals surface area contributed by atoms with Gasteiger partial charge < -0.3 is 4.98 Å². The van der Waals surface area contributed by atoms with Gasteiger partial charge in [0.15, 0.2) is 0 Å². The van der Waals surface area contributed by atoms with Crippen LogP contribution in [0.3, 0.4) is 0 Å². The van der Waals surface area contributed by atoms with E-state index in [9.17, 15) is 4.79 Å². The van der Waals surface area contributed by atoms with Crippen LogP contribution in [0.25, 0.3) is 0 Å². The van der Waals surface area contributed by atoms with E-state index < -0.39 is 0 Å². The Morgan fingerprint density at radius 2 is 2.06 bits per heavy atom. The van der Waals surface area contributed by atoms with Gasteiger partial charge in [-0.05, 0) is 18.2 Å². The standard InChI is InChI=1S/C10H8N4OS/c15-8(7-3-1-4-11-9(7)16)14-10-12-5-2-6-13-10/h1-6H,(H,11,16)(H,12,13,14,15). The normalized spacial score (nSPS) is 9.75. The number of amides is 1. The summed E-state index contributed by atoms with van der Waals surface area (Å²) in [4.78, 5) is 22.3. The fourth-order valence-corrected chi connectivity index (χ4v) is 1.36. The molecule has 6 heteroatoms. The van der Waals surface area contributed by atoms with Crippen molar-refractivity contribution >= 4 is 24.1 Å². The van der Waals surface area contributed by atoms with Crippen molar-refractivity contribution in [2.24, 2.45) is 0 Å². The number of aromatic nitrogens is 3. The Bertz CT molecular complexity index is 552. The Labute approximate surface area is 96.6 Å². The van der Waals surface area contributed by atoms with Gasteiger partial charge in [0.25, 0.3) is 5.91 Å². The molecule has 2 heterocycles. The number of nitrogens with zero attached hydrogens (tertiary/aromatic N) is 2. The van der Waals surface area contributed by atoms with Crippen molar-refractivity contribution in [3.8, 4) is 0 Å². The van der Waals surface area contributed by atoms with Gasteiger partial charge in [0.05, 0.1) is 5.56 Å². The molecule has 2 aromatic rings. The van der Waals surface area contributed by atoms with Crippen LogP contribution >= 0.6 is 12.2 Å². The van der Waals surface area contributed by atoms with Crippen LogP contribution in [0.1, 0.15) is 10.4 Å². The first-order valence-electron chi connectivity index (χ1n) is 4.53. The predicted molar refractivity (Wildman–Crippen MR) is 61.6 cm³/mol. The molecule has 1 amide bonds. The molecule has 0 saturated carbocycles. The number of rotatable bonds is 2. The Morgan fingerprint density at radius 3 is 2.75 bits per heavy atom. The number of H-pyrrole nitrogens is 1. The highest BCUT2D eigenvalue weighted by Crippen LogP contribution is 2.03. The van der Waals surface area contributed by atoms with Crippen LogP contribution in [-0.2, 0) is 0 Å². The zero-order valence-electron chi connectivity index (χ0n) is 8.18. The van der Waals surface area contributed by atoms with E-state index in [1.165, 1.54) is 0 Å². The van der Waals surface area contributed by atoms with Gasteiger partial charge in [0, 0.05) is 18.6 Å². The summed E-state index contributed by atoms with van der Waals surface area (Å²) in [6, 6.07) is 5.01. The van der Waals surface area contributed by atoms with Crippen molar-refractivity contribution < 1.29 is 4.79 Å². The summed E-state index contributed by atoms with van der Waals surface area (Å²) in [6.07, 6.45) is 4.76. The molecule has 2 rings (SSSR count). The summed E-state index contributed by atoms with van der Waals surface area (Å²) in [5.41, 5.74) is 0.393. The summed E-state index contributed by atoms with van der Waals surface area (Å²) in [7, 11) is 0. The monoisotopic (exact) mass is 232 g/mol. The molecule has 0 aliphatic heterocycles. The Balaban J connectivity index is 2.22. The minimum atomic E-state index is -0.326. The number of nitrogens with one attached hydrogen (secondary N) is 2. The minimum absolute atomic E-state index is 0.255. The third-order valence-electron chi connectivity index (χ3n) is 1.85. The summed E-state index contributed by atoms with van der Waals surface area (Å²) in [6.45, 7) is 0. The molecule has 0 aliphatic rings. The van der Waals surface area contributed by atoms with Gasteiger partial charge in [0.1, 0.15) is 4.64 Å². The van der Waals surface area contributed by atoms with Crippen LogP contribution in [0.2, 0.25) is 0 Å². The first kappa shape index (κ1) is 10.4. The van der Waals surface area contributed by atoms with E-state index in [0.29, 0.717) is 10.2 Å². The fraction of sp³-hybridized carbons (Fsp3) is 0. The number of carbonyl (C=O) groups excluding carboxylic acids is 1. The number of hydrogen-bond donors (Lipinski definition) is 2. The van der Waals surface area contributed by atoms with Gasteiger partial charge in [-0.2, -0.15) is 0 Å². The maximum absolute atomic E-state index is 11.8. The maximum Gasteiger partial charge on any atom is 0.261 e.